The molecule has 94 valence electrons. The normalized spacial score (nSPS) is 12.2. The van der Waals surface area contributed by atoms with Crippen LogP contribution in [0.5, 0.6) is 0 Å². The van der Waals surface area contributed by atoms with E-state index in [1.165, 1.54) is 22.4 Å². The van der Waals surface area contributed by atoms with Gasteiger partial charge in [0.2, 0.25) is 0 Å². The highest BCUT2D eigenvalue weighted by atomic mass is 14.9. The molecule has 0 fully saturated rings. The molecule has 2 rings (SSSR count). The lowest BCUT2D eigenvalue weighted by Gasteiger charge is -2.18. The van der Waals surface area contributed by atoms with Gasteiger partial charge in [0.05, 0.1) is 0 Å². The first-order chi connectivity index (χ1) is 8.66. The van der Waals surface area contributed by atoms with Crippen molar-refractivity contribution < 1.29 is 0 Å². The quantitative estimate of drug-likeness (QED) is 0.836. The number of aryl methyl sites for hydroxylation is 1. The Morgan fingerprint density at radius 3 is 2.39 bits per heavy atom. The van der Waals surface area contributed by atoms with Crippen LogP contribution in [0, 0.1) is 13.8 Å². The highest BCUT2D eigenvalue weighted by Crippen LogP contribution is 2.19. The number of hydrogen-bond acceptors (Lipinski definition) is 1. The molecule has 1 N–H and O–H groups in total. The number of rotatable bonds is 4. The maximum Gasteiger partial charge on any atom is 0.0374 e. The molecule has 2 aromatic carbocycles. The second-order valence-electron chi connectivity index (χ2n) is 4.98. The van der Waals surface area contributed by atoms with Crippen LogP contribution < -0.4 is 5.32 Å². The van der Waals surface area contributed by atoms with E-state index in [0.29, 0.717) is 6.04 Å². The van der Waals surface area contributed by atoms with Crippen molar-refractivity contribution in [1.82, 2.24) is 0 Å². The molecule has 2 aromatic rings. The first kappa shape index (κ1) is 12.7. The zero-order valence-electron chi connectivity index (χ0n) is 11.4. The molecule has 0 saturated heterocycles. The van der Waals surface area contributed by atoms with Gasteiger partial charge in [0, 0.05) is 11.7 Å². The minimum Gasteiger partial charge on any atom is -0.382 e. The molecule has 0 bridgehead atoms. The summed E-state index contributed by atoms with van der Waals surface area (Å²) in [6.07, 6.45) is 1.05. The van der Waals surface area contributed by atoms with E-state index < -0.39 is 0 Å². The fourth-order valence-corrected chi connectivity index (χ4v) is 2.19. The summed E-state index contributed by atoms with van der Waals surface area (Å²) < 4.78 is 0. The van der Waals surface area contributed by atoms with Gasteiger partial charge in [0.1, 0.15) is 0 Å². The summed E-state index contributed by atoms with van der Waals surface area (Å²) in [6.45, 7) is 6.56. The van der Waals surface area contributed by atoms with E-state index in [1.807, 2.05) is 0 Å². The summed E-state index contributed by atoms with van der Waals surface area (Å²) in [4.78, 5) is 0. The van der Waals surface area contributed by atoms with Gasteiger partial charge in [-0.15, -0.1) is 0 Å². The molecule has 18 heavy (non-hydrogen) atoms. The number of hydrogen-bond donors (Lipinski definition) is 1. The largest absolute Gasteiger partial charge is 0.382 e. The van der Waals surface area contributed by atoms with Gasteiger partial charge < -0.3 is 5.32 Å². The molecule has 0 spiro atoms. The summed E-state index contributed by atoms with van der Waals surface area (Å²) in [5.41, 5.74) is 5.31. The van der Waals surface area contributed by atoms with Gasteiger partial charge in [-0.1, -0.05) is 42.5 Å². The second-order valence-corrected chi connectivity index (χ2v) is 4.98. The van der Waals surface area contributed by atoms with E-state index in [9.17, 15) is 0 Å². The Kier molecular flexibility index (Phi) is 4.03. The average Bonchev–Trinajstić information content (AvgIpc) is 2.36. The molecule has 0 aliphatic heterocycles. The Bertz CT molecular complexity index is 502. The van der Waals surface area contributed by atoms with Gasteiger partial charge in [0.15, 0.2) is 0 Å². The van der Waals surface area contributed by atoms with E-state index in [-0.39, 0.29) is 0 Å². The first-order valence-electron chi connectivity index (χ1n) is 6.53. The molecule has 0 aliphatic rings. The molecular weight excluding hydrogens is 218 g/mol. The monoisotopic (exact) mass is 239 g/mol. The zero-order chi connectivity index (χ0) is 13.0. The van der Waals surface area contributed by atoms with Crippen LogP contribution in [-0.4, -0.2) is 6.04 Å². The molecule has 1 nitrogen and oxygen atoms in total. The molecule has 0 heterocycles. The van der Waals surface area contributed by atoms with E-state index in [4.69, 9.17) is 0 Å². The highest BCUT2D eigenvalue weighted by molar-refractivity contribution is 5.54. The van der Waals surface area contributed by atoms with Crippen LogP contribution in [-0.2, 0) is 6.42 Å². The van der Waals surface area contributed by atoms with Crippen molar-refractivity contribution in [2.45, 2.75) is 33.2 Å². The summed E-state index contributed by atoms with van der Waals surface area (Å²) in [5.74, 6) is 0. The Balaban J connectivity index is 2.03. The van der Waals surface area contributed by atoms with Crippen molar-refractivity contribution in [1.29, 1.82) is 0 Å². The van der Waals surface area contributed by atoms with Crippen LogP contribution in [0.4, 0.5) is 5.69 Å². The van der Waals surface area contributed by atoms with Crippen molar-refractivity contribution in [3.63, 3.8) is 0 Å². The van der Waals surface area contributed by atoms with Gasteiger partial charge >= 0.3 is 0 Å². The maximum atomic E-state index is 3.60. The molecular formula is C17H21N. The van der Waals surface area contributed by atoms with Crippen molar-refractivity contribution in [2.75, 3.05) is 5.32 Å². The highest BCUT2D eigenvalue weighted by Gasteiger charge is 2.06. The van der Waals surface area contributed by atoms with E-state index in [2.05, 4.69) is 74.6 Å². The number of anilines is 1. The molecule has 0 radical (unpaired) electrons. The predicted octanol–water partition coefficient (Wildman–Crippen LogP) is 4.35. The van der Waals surface area contributed by atoms with Crippen LogP contribution in [0.1, 0.15) is 23.6 Å². The van der Waals surface area contributed by atoms with Crippen molar-refractivity contribution in [3.05, 3.63) is 65.2 Å². The van der Waals surface area contributed by atoms with Gasteiger partial charge in [-0.2, -0.15) is 0 Å². The van der Waals surface area contributed by atoms with Crippen LogP contribution >= 0.6 is 0 Å². The van der Waals surface area contributed by atoms with Crippen LogP contribution in [0.25, 0.3) is 0 Å². The third-order valence-corrected chi connectivity index (χ3v) is 3.39. The van der Waals surface area contributed by atoms with Crippen LogP contribution in [0.2, 0.25) is 0 Å². The van der Waals surface area contributed by atoms with Crippen molar-refractivity contribution in [2.24, 2.45) is 0 Å². The molecule has 0 aromatic heterocycles. The van der Waals surface area contributed by atoms with Crippen LogP contribution in [0.3, 0.4) is 0 Å². The summed E-state index contributed by atoms with van der Waals surface area (Å²) >= 11 is 0. The number of nitrogens with one attached hydrogen (secondary N) is 1. The minimum atomic E-state index is 0.438. The molecule has 0 saturated carbocycles. The van der Waals surface area contributed by atoms with Gasteiger partial charge in [-0.3, -0.25) is 0 Å². The topological polar surface area (TPSA) is 12.0 Å². The van der Waals surface area contributed by atoms with Crippen LogP contribution in [0.15, 0.2) is 48.5 Å². The maximum absolute atomic E-state index is 3.60. The lowest BCUT2D eigenvalue weighted by Crippen LogP contribution is -2.18. The Labute approximate surface area is 110 Å². The van der Waals surface area contributed by atoms with Crippen molar-refractivity contribution in [3.8, 4) is 0 Å². The molecule has 0 amide bonds. The third-order valence-electron chi connectivity index (χ3n) is 3.39. The molecule has 1 unspecified atom stereocenters. The van der Waals surface area contributed by atoms with E-state index in [1.54, 1.807) is 0 Å². The van der Waals surface area contributed by atoms with Gasteiger partial charge in [-0.05, 0) is 49.9 Å². The summed E-state index contributed by atoms with van der Waals surface area (Å²) in [6, 6.07) is 17.5. The minimum absolute atomic E-state index is 0.438. The summed E-state index contributed by atoms with van der Waals surface area (Å²) in [7, 11) is 0. The molecule has 0 aliphatic carbocycles. The first-order valence-corrected chi connectivity index (χ1v) is 6.53. The fraction of sp³-hybridized carbons (Fsp3) is 0.294. The fourth-order valence-electron chi connectivity index (χ4n) is 2.19. The number of benzene rings is 2. The second kappa shape index (κ2) is 5.72. The molecule has 1 heteroatoms. The van der Waals surface area contributed by atoms with E-state index in [0.717, 1.165) is 6.42 Å². The lowest BCUT2D eigenvalue weighted by molar-refractivity contribution is 0.789. The zero-order valence-corrected chi connectivity index (χ0v) is 11.4. The van der Waals surface area contributed by atoms with E-state index >= 15 is 0 Å². The average molecular weight is 239 g/mol. The Morgan fingerprint density at radius 2 is 1.67 bits per heavy atom. The SMILES string of the molecule is Cc1cccc(NC(C)Cc2ccccc2)c1C. The predicted molar refractivity (Wildman–Crippen MR) is 79.1 cm³/mol. The summed E-state index contributed by atoms with van der Waals surface area (Å²) in [5, 5.41) is 3.60. The standard InChI is InChI=1S/C17H21N/c1-13-8-7-11-17(15(13)3)18-14(2)12-16-9-5-4-6-10-16/h4-11,14,18H,12H2,1-3H3. The third kappa shape index (κ3) is 3.13. The van der Waals surface area contributed by atoms with Crippen molar-refractivity contribution >= 4 is 5.69 Å². The molecule has 1 atom stereocenters. The van der Waals surface area contributed by atoms with Gasteiger partial charge in [-0.25, -0.2) is 0 Å². The van der Waals surface area contributed by atoms with Gasteiger partial charge in [0.25, 0.3) is 0 Å². The Hall–Kier alpha value is -1.76. The Morgan fingerprint density at radius 1 is 0.944 bits per heavy atom. The lowest BCUT2D eigenvalue weighted by atomic mass is 10.0. The smallest absolute Gasteiger partial charge is 0.0374 e.